The maximum atomic E-state index is 6.14. The predicted molar refractivity (Wildman–Crippen MR) is 69.9 cm³/mol. The fourth-order valence-electron chi connectivity index (χ4n) is 2.50. The molecule has 0 spiro atoms. The molecule has 2 N–H and O–H groups in total. The van der Waals surface area contributed by atoms with Crippen molar-refractivity contribution in [3.63, 3.8) is 0 Å². The van der Waals surface area contributed by atoms with Crippen molar-refractivity contribution in [2.75, 3.05) is 13.7 Å². The minimum absolute atomic E-state index is 0.657. The van der Waals surface area contributed by atoms with Gasteiger partial charge in [-0.05, 0) is 37.1 Å². The van der Waals surface area contributed by atoms with Gasteiger partial charge in [-0.2, -0.15) is 0 Å². The Labute approximate surface area is 105 Å². The molecule has 1 aromatic heterocycles. The van der Waals surface area contributed by atoms with E-state index in [2.05, 4.69) is 10.3 Å². The Morgan fingerprint density at radius 3 is 3.06 bits per heavy atom. The van der Waals surface area contributed by atoms with E-state index in [9.17, 15) is 0 Å². The highest BCUT2D eigenvalue weighted by atomic mass is 35.5. The molecule has 0 unspecified atom stereocenters. The summed E-state index contributed by atoms with van der Waals surface area (Å²) in [5.74, 6) is 0.748. The van der Waals surface area contributed by atoms with Crippen molar-refractivity contribution >= 4 is 22.5 Å². The van der Waals surface area contributed by atoms with E-state index in [0.717, 1.165) is 30.8 Å². The van der Waals surface area contributed by atoms with Gasteiger partial charge in [0, 0.05) is 23.1 Å². The molecule has 90 valence electrons. The Hall–Kier alpha value is -1.19. The van der Waals surface area contributed by atoms with Crippen molar-refractivity contribution in [1.29, 1.82) is 0 Å². The number of halogens is 1. The van der Waals surface area contributed by atoms with Gasteiger partial charge in [0.25, 0.3) is 0 Å². The van der Waals surface area contributed by atoms with Crippen molar-refractivity contribution in [2.24, 2.45) is 0 Å². The summed E-state index contributed by atoms with van der Waals surface area (Å²) >= 11 is 6.14. The molecule has 0 atom stereocenters. The Kier molecular flexibility index (Phi) is 2.73. The first-order valence-corrected chi connectivity index (χ1v) is 6.25. The summed E-state index contributed by atoms with van der Waals surface area (Å²) in [4.78, 5) is 3.45. The summed E-state index contributed by atoms with van der Waals surface area (Å²) in [5.41, 5.74) is 3.78. The van der Waals surface area contributed by atoms with Crippen molar-refractivity contribution in [2.45, 2.75) is 19.4 Å². The number of hydrogen-bond donors (Lipinski definition) is 2. The zero-order chi connectivity index (χ0) is 11.8. The van der Waals surface area contributed by atoms with E-state index in [0.29, 0.717) is 5.02 Å². The van der Waals surface area contributed by atoms with E-state index >= 15 is 0 Å². The molecule has 1 aliphatic rings. The Bertz CT molecular complexity index is 562. The number of H-pyrrole nitrogens is 1. The second-order valence-electron chi connectivity index (χ2n) is 4.39. The molecular formula is C13H15ClN2O. The molecule has 0 saturated heterocycles. The number of ether oxygens (including phenoxy) is 1. The fraction of sp³-hybridized carbons (Fsp3) is 0.385. The maximum absolute atomic E-state index is 6.14. The largest absolute Gasteiger partial charge is 0.495 e. The molecule has 0 saturated carbocycles. The molecular weight excluding hydrogens is 236 g/mol. The van der Waals surface area contributed by atoms with Crippen LogP contribution >= 0.6 is 11.6 Å². The van der Waals surface area contributed by atoms with E-state index in [4.69, 9.17) is 16.3 Å². The number of methoxy groups -OCH3 is 1. The lowest BCUT2D eigenvalue weighted by atomic mass is 10.1. The summed E-state index contributed by atoms with van der Waals surface area (Å²) in [6.07, 6.45) is 2.28. The van der Waals surface area contributed by atoms with Gasteiger partial charge in [-0.3, -0.25) is 0 Å². The lowest BCUT2D eigenvalue weighted by Gasteiger charge is -2.04. The van der Waals surface area contributed by atoms with Gasteiger partial charge in [-0.1, -0.05) is 11.6 Å². The first-order chi connectivity index (χ1) is 8.29. The molecule has 0 amide bonds. The Balaban J connectivity index is 2.22. The van der Waals surface area contributed by atoms with Crippen LogP contribution < -0.4 is 10.1 Å². The molecule has 0 radical (unpaired) electrons. The highest BCUT2D eigenvalue weighted by Crippen LogP contribution is 2.33. The van der Waals surface area contributed by atoms with Crippen LogP contribution in [0.5, 0.6) is 5.75 Å². The summed E-state index contributed by atoms with van der Waals surface area (Å²) in [5, 5.41) is 5.31. The quantitative estimate of drug-likeness (QED) is 0.817. The van der Waals surface area contributed by atoms with Gasteiger partial charge >= 0.3 is 0 Å². The molecule has 3 rings (SSSR count). The van der Waals surface area contributed by atoms with Crippen LogP contribution in [0.3, 0.4) is 0 Å². The Morgan fingerprint density at radius 2 is 2.24 bits per heavy atom. The molecule has 2 heterocycles. The third-order valence-electron chi connectivity index (χ3n) is 3.35. The fourth-order valence-corrected chi connectivity index (χ4v) is 2.74. The summed E-state index contributed by atoms with van der Waals surface area (Å²) in [7, 11) is 1.65. The minimum Gasteiger partial charge on any atom is -0.495 e. The highest BCUT2D eigenvalue weighted by Gasteiger charge is 2.15. The standard InChI is InChI=1S/C13H15ClN2O/c1-17-13-5-9-8-3-2-4-15-7-12(8)16-11(9)6-10(13)14/h5-6,15-16H,2-4,7H2,1H3. The summed E-state index contributed by atoms with van der Waals surface area (Å²) in [6, 6.07) is 3.99. The minimum atomic E-state index is 0.657. The van der Waals surface area contributed by atoms with Crippen molar-refractivity contribution in [3.05, 3.63) is 28.4 Å². The molecule has 1 aromatic carbocycles. The molecule has 1 aliphatic heterocycles. The molecule has 0 bridgehead atoms. The second-order valence-corrected chi connectivity index (χ2v) is 4.80. The Morgan fingerprint density at radius 1 is 1.35 bits per heavy atom. The number of aryl methyl sites for hydroxylation is 1. The summed E-state index contributed by atoms with van der Waals surface area (Å²) in [6.45, 7) is 1.98. The molecule has 3 nitrogen and oxygen atoms in total. The normalized spacial score (nSPS) is 15.6. The van der Waals surface area contributed by atoms with Crippen LogP contribution in [0.25, 0.3) is 10.9 Å². The third-order valence-corrected chi connectivity index (χ3v) is 3.64. The average molecular weight is 251 g/mol. The number of aromatic amines is 1. The van der Waals surface area contributed by atoms with Crippen molar-refractivity contribution in [1.82, 2.24) is 10.3 Å². The van der Waals surface area contributed by atoms with E-state index in [1.54, 1.807) is 7.11 Å². The number of hydrogen-bond acceptors (Lipinski definition) is 2. The molecule has 0 aliphatic carbocycles. The van der Waals surface area contributed by atoms with Crippen LogP contribution in [0.1, 0.15) is 17.7 Å². The predicted octanol–water partition coefficient (Wildman–Crippen LogP) is 2.87. The molecule has 2 aromatic rings. The lowest BCUT2D eigenvalue weighted by molar-refractivity contribution is 0.415. The number of benzene rings is 1. The van der Waals surface area contributed by atoms with Crippen LogP contribution in [0.4, 0.5) is 0 Å². The van der Waals surface area contributed by atoms with E-state index in [1.165, 1.54) is 23.1 Å². The third kappa shape index (κ3) is 1.79. The number of aromatic nitrogens is 1. The topological polar surface area (TPSA) is 37.0 Å². The van der Waals surface area contributed by atoms with Crippen LogP contribution in [0, 0.1) is 0 Å². The van der Waals surface area contributed by atoms with E-state index in [-0.39, 0.29) is 0 Å². The molecule has 17 heavy (non-hydrogen) atoms. The SMILES string of the molecule is COc1cc2c3c([nH]c2cc1Cl)CNCCC3. The van der Waals surface area contributed by atoms with E-state index < -0.39 is 0 Å². The van der Waals surface area contributed by atoms with Crippen LogP contribution in [-0.2, 0) is 13.0 Å². The van der Waals surface area contributed by atoms with Crippen LogP contribution in [-0.4, -0.2) is 18.6 Å². The molecule has 0 fully saturated rings. The van der Waals surface area contributed by atoms with Gasteiger partial charge in [0.2, 0.25) is 0 Å². The van der Waals surface area contributed by atoms with Crippen molar-refractivity contribution < 1.29 is 4.74 Å². The number of fused-ring (bicyclic) bond motifs is 3. The van der Waals surface area contributed by atoms with Gasteiger partial charge in [0.15, 0.2) is 0 Å². The van der Waals surface area contributed by atoms with Crippen LogP contribution in [0.2, 0.25) is 5.02 Å². The monoisotopic (exact) mass is 250 g/mol. The first kappa shape index (κ1) is 10.9. The zero-order valence-electron chi connectivity index (χ0n) is 9.77. The van der Waals surface area contributed by atoms with Gasteiger partial charge in [0.05, 0.1) is 12.1 Å². The lowest BCUT2D eigenvalue weighted by Crippen LogP contribution is -2.12. The first-order valence-electron chi connectivity index (χ1n) is 5.87. The average Bonchev–Trinajstić information content (AvgIpc) is 2.50. The smallest absolute Gasteiger partial charge is 0.138 e. The molecule has 4 heteroatoms. The van der Waals surface area contributed by atoms with Gasteiger partial charge in [-0.25, -0.2) is 0 Å². The van der Waals surface area contributed by atoms with E-state index in [1.807, 2.05) is 12.1 Å². The second kappa shape index (κ2) is 4.24. The highest BCUT2D eigenvalue weighted by molar-refractivity contribution is 6.32. The summed E-state index contributed by atoms with van der Waals surface area (Å²) < 4.78 is 5.28. The number of rotatable bonds is 1. The van der Waals surface area contributed by atoms with Crippen LogP contribution in [0.15, 0.2) is 12.1 Å². The maximum Gasteiger partial charge on any atom is 0.138 e. The van der Waals surface area contributed by atoms with Gasteiger partial charge < -0.3 is 15.0 Å². The number of nitrogens with one attached hydrogen (secondary N) is 2. The van der Waals surface area contributed by atoms with Crippen molar-refractivity contribution in [3.8, 4) is 5.75 Å². The van der Waals surface area contributed by atoms with Gasteiger partial charge in [-0.15, -0.1) is 0 Å². The van der Waals surface area contributed by atoms with Gasteiger partial charge in [0.1, 0.15) is 5.75 Å². The zero-order valence-corrected chi connectivity index (χ0v) is 10.5.